The van der Waals surface area contributed by atoms with E-state index in [1.165, 1.54) is 0 Å². The van der Waals surface area contributed by atoms with Crippen LogP contribution in [0.25, 0.3) is 0 Å². The van der Waals surface area contributed by atoms with Crippen LogP contribution in [0.15, 0.2) is 42.5 Å². The molecule has 2 fully saturated rings. The first-order valence-electron chi connectivity index (χ1n) is 10.5. The van der Waals surface area contributed by atoms with Crippen molar-refractivity contribution in [2.24, 2.45) is 0 Å². The Bertz CT molecular complexity index is 904. The van der Waals surface area contributed by atoms with Gasteiger partial charge in [-0.15, -0.1) is 0 Å². The zero-order valence-electron chi connectivity index (χ0n) is 16.9. The Labute approximate surface area is 181 Å². The predicted molar refractivity (Wildman–Crippen MR) is 119 cm³/mol. The van der Waals surface area contributed by atoms with Crippen LogP contribution in [-0.2, 0) is 4.79 Å². The molecule has 2 heterocycles. The molecular formula is C23H26ClN3O3. The fourth-order valence-electron chi connectivity index (χ4n) is 3.99. The third-order valence-electron chi connectivity index (χ3n) is 5.53. The molecule has 2 aromatic carbocycles. The zero-order valence-corrected chi connectivity index (χ0v) is 17.7. The Morgan fingerprint density at radius 3 is 2.30 bits per heavy atom. The molecule has 0 spiro atoms. The molecule has 0 saturated carbocycles. The minimum absolute atomic E-state index is 0.0444. The van der Waals surface area contributed by atoms with Crippen molar-refractivity contribution >= 4 is 34.8 Å². The third kappa shape index (κ3) is 4.87. The standard InChI is InChI=1S/C23H26ClN3O3/c24-17-5-8-19(9-6-17)30-16-22(28)25-18-7-10-21(26-11-1-2-12-26)20(15-18)23(29)27-13-3-4-14-27/h5-10,15H,1-4,11-14,16H2,(H,25,28). The van der Waals surface area contributed by atoms with Crippen molar-refractivity contribution in [1.29, 1.82) is 0 Å². The Hall–Kier alpha value is -2.73. The van der Waals surface area contributed by atoms with E-state index in [1.54, 1.807) is 30.3 Å². The summed E-state index contributed by atoms with van der Waals surface area (Å²) in [4.78, 5) is 29.7. The van der Waals surface area contributed by atoms with Gasteiger partial charge in [-0.25, -0.2) is 0 Å². The summed E-state index contributed by atoms with van der Waals surface area (Å²) in [6.45, 7) is 3.39. The van der Waals surface area contributed by atoms with Gasteiger partial charge < -0.3 is 19.9 Å². The zero-order chi connectivity index (χ0) is 20.9. The number of benzene rings is 2. The number of likely N-dealkylation sites (tertiary alicyclic amines) is 1. The highest BCUT2D eigenvalue weighted by molar-refractivity contribution is 6.30. The van der Waals surface area contributed by atoms with Crippen molar-refractivity contribution in [1.82, 2.24) is 4.90 Å². The van der Waals surface area contributed by atoms with E-state index in [0.29, 0.717) is 22.0 Å². The van der Waals surface area contributed by atoms with Crippen LogP contribution in [0, 0.1) is 0 Å². The Morgan fingerprint density at radius 1 is 0.933 bits per heavy atom. The highest BCUT2D eigenvalue weighted by atomic mass is 35.5. The van der Waals surface area contributed by atoms with Crippen LogP contribution >= 0.6 is 11.6 Å². The molecule has 2 aliphatic heterocycles. The van der Waals surface area contributed by atoms with E-state index in [0.717, 1.165) is 57.5 Å². The molecule has 0 atom stereocenters. The van der Waals surface area contributed by atoms with E-state index < -0.39 is 0 Å². The highest BCUT2D eigenvalue weighted by Crippen LogP contribution is 2.29. The maximum Gasteiger partial charge on any atom is 0.262 e. The van der Waals surface area contributed by atoms with E-state index in [2.05, 4.69) is 10.2 Å². The number of anilines is 2. The average molecular weight is 428 g/mol. The summed E-state index contributed by atoms with van der Waals surface area (Å²) in [5, 5.41) is 3.46. The van der Waals surface area contributed by atoms with Gasteiger partial charge in [0.2, 0.25) is 0 Å². The van der Waals surface area contributed by atoms with Crippen LogP contribution in [0.4, 0.5) is 11.4 Å². The number of ether oxygens (including phenoxy) is 1. The van der Waals surface area contributed by atoms with Crippen molar-refractivity contribution in [3.05, 3.63) is 53.1 Å². The highest BCUT2D eigenvalue weighted by Gasteiger charge is 2.25. The fourth-order valence-corrected chi connectivity index (χ4v) is 4.11. The van der Waals surface area contributed by atoms with Gasteiger partial charge in [0.1, 0.15) is 5.75 Å². The lowest BCUT2D eigenvalue weighted by molar-refractivity contribution is -0.118. The molecule has 0 radical (unpaired) electrons. The number of nitrogens with zero attached hydrogens (tertiary/aromatic N) is 2. The van der Waals surface area contributed by atoms with Gasteiger partial charge in [-0.2, -0.15) is 0 Å². The van der Waals surface area contributed by atoms with Crippen LogP contribution in [-0.4, -0.2) is 49.5 Å². The maximum absolute atomic E-state index is 13.2. The van der Waals surface area contributed by atoms with Gasteiger partial charge in [0.05, 0.1) is 5.56 Å². The van der Waals surface area contributed by atoms with Crippen molar-refractivity contribution in [3.63, 3.8) is 0 Å². The van der Waals surface area contributed by atoms with Gasteiger partial charge >= 0.3 is 0 Å². The van der Waals surface area contributed by atoms with Crippen LogP contribution in [0.5, 0.6) is 5.75 Å². The number of hydrogen-bond donors (Lipinski definition) is 1. The molecule has 2 saturated heterocycles. The van der Waals surface area contributed by atoms with Crippen LogP contribution < -0.4 is 15.0 Å². The summed E-state index contributed by atoms with van der Waals surface area (Å²) in [5.74, 6) is 0.338. The largest absolute Gasteiger partial charge is 0.484 e. The molecule has 2 amide bonds. The molecule has 0 unspecified atom stereocenters. The van der Waals surface area contributed by atoms with Crippen LogP contribution in [0.3, 0.4) is 0 Å². The van der Waals surface area contributed by atoms with E-state index in [9.17, 15) is 9.59 Å². The number of nitrogens with one attached hydrogen (secondary N) is 1. The monoisotopic (exact) mass is 427 g/mol. The summed E-state index contributed by atoms with van der Waals surface area (Å²) in [6.07, 6.45) is 4.36. The predicted octanol–water partition coefficient (Wildman–Crippen LogP) is 4.19. The van der Waals surface area contributed by atoms with Crippen molar-refractivity contribution in [2.45, 2.75) is 25.7 Å². The second kappa shape index (κ2) is 9.39. The Morgan fingerprint density at radius 2 is 1.60 bits per heavy atom. The molecular weight excluding hydrogens is 402 g/mol. The minimum Gasteiger partial charge on any atom is -0.484 e. The third-order valence-corrected chi connectivity index (χ3v) is 5.79. The van der Waals surface area contributed by atoms with Gasteiger partial charge in [-0.05, 0) is 68.1 Å². The van der Waals surface area contributed by atoms with E-state index in [4.69, 9.17) is 16.3 Å². The van der Waals surface area contributed by atoms with Gasteiger partial charge in [-0.3, -0.25) is 9.59 Å². The number of rotatable bonds is 6. The second-order valence-corrected chi connectivity index (χ2v) is 8.15. The maximum atomic E-state index is 13.2. The first kappa shape index (κ1) is 20.5. The number of amides is 2. The van der Waals surface area contributed by atoms with Crippen molar-refractivity contribution < 1.29 is 14.3 Å². The Balaban J connectivity index is 1.47. The molecule has 1 N–H and O–H groups in total. The molecule has 2 aromatic rings. The van der Waals surface area contributed by atoms with E-state index in [1.807, 2.05) is 17.0 Å². The first-order valence-corrected chi connectivity index (χ1v) is 10.8. The quantitative estimate of drug-likeness (QED) is 0.750. The van der Waals surface area contributed by atoms with Gasteiger partial charge in [0, 0.05) is 42.6 Å². The Kier molecular flexibility index (Phi) is 6.43. The lowest BCUT2D eigenvalue weighted by Gasteiger charge is -2.24. The first-order chi connectivity index (χ1) is 14.6. The normalized spacial score (nSPS) is 16.0. The SMILES string of the molecule is O=C(COc1ccc(Cl)cc1)Nc1ccc(N2CCCC2)c(C(=O)N2CCCC2)c1. The van der Waals surface area contributed by atoms with Gasteiger partial charge in [-0.1, -0.05) is 11.6 Å². The molecule has 0 aromatic heterocycles. The number of hydrogen-bond acceptors (Lipinski definition) is 4. The number of halogens is 1. The summed E-state index contributed by atoms with van der Waals surface area (Å²) < 4.78 is 5.50. The molecule has 7 heteroatoms. The number of carbonyl (C=O) groups is 2. The van der Waals surface area contributed by atoms with Crippen molar-refractivity contribution in [2.75, 3.05) is 43.0 Å². The van der Waals surface area contributed by atoms with Gasteiger partial charge in [0.15, 0.2) is 6.61 Å². The van der Waals surface area contributed by atoms with E-state index >= 15 is 0 Å². The van der Waals surface area contributed by atoms with Crippen molar-refractivity contribution in [3.8, 4) is 5.75 Å². The minimum atomic E-state index is -0.279. The molecule has 2 aliphatic rings. The lowest BCUT2D eigenvalue weighted by atomic mass is 10.1. The van der Waals surface area contributed by atoms with Crippen LogP contribution in [0.1, 0.15) is 36.0 Å². The van der Waals surface area contributed by atoms with Gasteiger partial charge in [0.25, 0.3) is 11.8 Å². The molecule has 0 aliphatic carbocycles. The molecule has 6 nitrogen and oxygen atoms in total. The fraction of sp³-hybridized carbons (Fsp3) is 0.391. The summed E-state index contributed by atoms with van der Waals surface area (Å²) in [7, 11) is 0. The molecule has 30 heavy (non-hydrogen) atoms. The molecule has 0 bridgehead atoms. The molecule has 158 valence electrons. The lowest BCUT2D eigenvalue weighted by Crippen LogP contribution is -2.30. The second-order valence-electron chi connectivity index (χ2n) is 7.72. The summed E-state index contributed by atoms with van der Waals surface area (Å²) in [5.41, 5.74) is 2.22. The smallest absolute Gasteiger partial charge is 0.262 e. The summed E-state index contributed by atoms with van der Waals surface area (Å²) >= 11 is 5.86. The average Bonchev–Trinajstić information content (AvgIpc) is 3.47. The van der Waals surface area contributed by atoms with Crippen LogP contribution in [0.2, 0.25) is 5.02 Å². The molecule has 4 rings (SSSR count). The summed E-state index contributed by atoms with van der Waals surface area (Å²) in [6, 6.07) is 12.5. The number of carbonyl (C=O) groups excluding carboxylic acids is 2. The topological polar surface area (TPSA) is 61.9 Å². The van der Waals surface area contributed by atoms with E-state index in [-0.39, 0.29) is 18.4 Å².